The molecule has 1 aromatic rings. The number of carbonyl (C=O) groups is 2. The maximum absolute atomic E-state index is 11.3. The van der Waals surface area contributed by atoms with Gasteiger partial charge in [0.2, 0.25) is 0 Å². The summed E-state index contributed by atoms with van der Waals surface area (Å²) in [7, 11) is 0. The number of Topliss-reactive ketones (excluding diaryl/α,β-unsaturated/α-hetero) is 1. The summed E-state index contributed by atoms with van der Waals surface area (Å²) in [6.07, 6.45) is 0. The van der Waals surface area contributed by atoms with Gasteiger partial charge in [0.1, 0.15) is 0 Å². The van der Waals surface area contributed by atoms with Gasteiger partial charge >= 0.3 is 5.97 Å². The Labute approximate surface area is 87.8 Å². The number of hydrogen-bond donors (Lipinski definition) is 0. The highest BCUT2D eigenvalue weighted by molar-refractivity contribution is 9.10. The lowest BCUT2D eigenvalue weighted by molar-refractivity contribution is -0.137. The molecule has 0 amide bonds. The molecule has 3 nitrogen and oxygen atoms in total. The van der Waals surface area contributed by atoms with Gasteiger partial charge in [0, 0.05) is 9.85 Å². The van der Waals surface area contributed by atoms with Crippen LogP contribution in [0.25, 0.3) is 0 Å². The fourth-order valence-corrected chi connectivity index (χ4v) is 2.08. The van der Waals surface area contributed by atoms with Crippen molar-refractivity contribution in [3.05, 3.63) is 20.8 Å². The highest BCUT2D eigenvalue weighted by atomic mass is 79.9. The number of halogens is 1. The summed E-state index contributed by atoms with van der Waals surface area (Å²) in [5, 5.41) is 1.74. The minimum Gasteiger partial charge on any atom is -0.460 e. The fraction of sp³-hybridized carbons (Fsp3) is 0.250. The fourth-order valence-electron chi connectivity index (χ4n) is 0.729. The molecule has 0 unspecified atom stereocenters. The molecule has 0 saturated heterocycles. The first-order valence-corrected chi connectivity index (χ1v) is 5.28. The van der Waals surface area contributed by atoms with Crippen LogP contribution >= 0.6 is 27.3 Å². The zero-order valence-corrected chi connectivity index (χ0v) is 9.28. The van der Waals surface area contributed by atoms with E-state index in [1.807, 2.05) is 0 Å². The number of esters is 1. The molecule has 0 aliphatic rings. The summed E-state index contributed by atoms with van der Waals surface area (Å²) >= 11 is 4.41. The van der Waals surface area contributed by atoms with Crippen molar-refractivity contribution >= 4 is 39.0 Å². The zero-order valence-electron chi connectivity index (χ0n) is 6.87. The summed E-state index contributed by atoms with van der Waals surface area (Å²) in [6.45, 7) is 1.88. The van der Waals surface area contributed by atoms with Gasteiger partial charge in [-0.3, -0.25) is 4.79 Å². The van der Waals surface area contributed by atoms with Gasteiger partial charge < -0.3 is 4.74 Å². The van der Waals surface area contributed by atoms with Crippen molar-refractivity contribution in [1.82, 2.24) is 0 Å². The molecule has 0 bridgehead atoms. The summed E-state index contributed by atoms with van der Waals surface area (Å²) in [4.78, 5) is 22.6. The van der Waals surface area contributed by atoms with Crippen molar-refractivity contribution in [2.75, 3.05) is 6.61 Å². The highest BCUT2D eigenvalue weighted by Gasteiger charge is 2.18. The predicted octanol–water partition coefficient (Wildman–Crippen LogP) is 2.26. The molecule has 0 radical (unpaired) electrons. The van der Waals surface area contributed by atoms with Crippen LogP contribution in [0.2, 0.25) is 0 Å². The van der Waals surface area contributed by atoms with E-state index in [4.69, 9.17) is 0 Å². The Morgan fingerprint density at radius 3 is 2.77 bits per heavy atom. The van der Waals surface area contributed by atoms with Crippen molar-refractivity contribution in [3.8, 4) is 0 Å². The highest BCUT2D eigenvalue weighted by Crippen LogP contribution is 2.20. The van der Waals surface area contributed by atoms with Crippen LogP contribution in [0.15, 0.2) is 15.9 Å². The molecule has 13 heavy (non-hydrogen) atoms. The molecule has 0 saturated carbocycles. The van der Waals surface area contributed by atoms with Crippen LogP contribution in [-0.4, -0.2) is 18.4 Å². The minimum atomic E-state index is -0.795. The average Bonchev–Trinajstić information content (AvgIpc) is 2.51. The van der Waals surface area contributed by atoms with Crippen LogP contribution in [0, 0.1) is 0 Å². The van der Waals surface area contributed by atoms with Crippen LogP contribution in [0.5, 0.6) is 0 Å². The number of thiophene rings is 1. The Bertz CT molecular complexity index is 332. The Morgan fingerprint density at radius 1 is 1.62 bits per heavy atom. The monoisotopic (exact) mass is 262 g/mol. The molecular weight excluding hydrogens is 256 g/mol. The lowest BCUT2D eigenvalue weighted by Crippen LogP contribution is -2.16. The zero-order chi connectivity index (χ0) is 9.84. The molecule has 0 aliphatic carbocycles. The first-order chi connectivity index (χ1) is 6.15. The Balaban J connectivity index is 2.73. The Hall–Kier alpha value is -0.680. The number of ether oxygens (including phenoxy) is 1. The normalized spacial score (nSPS) is 9.69. The number of hydrogen-bond acceptors (Lipinski definition) is 4. The van der Waals surface area contributed by atoms with E-state index in [2.05, 4.69) is 20.7 Å². The van der Waals surface area contributed by atoms with Gasteiger partial charge in [-0.25, -0.2) is 4.79 Å². The molecule has 1 rings (SSSR count). The molecule has 0 aromatic carbocycles. The summed E-state index contributed by atoms with van der Waals surface area (Å²) < 4.78 is 5.37. The van der Waals surface area contributed by atoms with Crippen molar-refractivity contribution < 1.29 is 14.3 Å². The lowest BCUT2D eigenvalue weighted by atomic mass is 10.3. The molecule has 0 fully saturated rings. The number of carbonyl (C=O) groups excluding carboxylic acids is 2. The van der Waals surface area contributed by atoms with E-state index in [1.165, 1.54) is 11.3 Å². The van der Waals surface area contributed by atoms with Crippen LogP contribution in [0.4, 0.5) is 0 Å². The standard InChI is InChI=1S/C8H7BrO3S/c1-2-12-8(11)7(10)6-3-5(9)4-13-6/h3-4H,2H2,1H3. The summed E-state index contributed by atoms with van der Waals surface area (Å²) in [6, 6.07) is 1.60. The van der Waals surface area contributed by atoms with Gasteiger partial charge in [-0.2, -0.15) is 0 Å². The smallest absolute Gasteiger partial charge is 0.380 e. The molecule has 0 atom stereocenters. The second-order valence-electron chi connectivity index (χ2n) is 2.18. The van der Waals surface area contributed by atoms with E-state index in [0.717, 1.165) is 4.47 Å². The van der Waals surface area contributed by atoms with Gasteiger partial charge in [0.15, 0.2) is 0 Å². The third kappa shape index (κ3) is 2.63. The molecule has 1 heterocycles. The van der Waals surface area contributed by atoms with E-state index in [1.54, 1.807) is 18.4 Å². The molecule has 0 aliphatic heterocycles. The maximum Gasteiger partial charge on any atom is 0.380 e. The first-order valence-electron chi connectivity index (χ1n) is 3.60. The van der Waals surface area contributed by atoms with E-state index in [9.17, 15) is 9.59 Å². The van der Waals surface area contributed by atoms with E-state index in [-0.39, 0.29) is 6.61 Å². The molecule has 5 heteroatoms. The third-order valence-electron chi connectivity index (χ3n) is 1.25. The van der Waals surface area contributed by atoms with Crippen molar-refractivity contribution in [2.24, 2.45) is 0 Å². The molecule has 70 valence electrons. The molecular formula is C8H7BrO3S. The number of ketones is 1. The largest absolute Gasteiger partial charge is 0.460 e. The maximum atomic E-state index is 11.3. The van der Waals surface area contributed by atoms with Crippen LogP contribution in [0.1, 0.15) is 16.6 Å². The second kappa shape index (κ2) is 4.53. The topological polar surface area (TPSA) is 43.4 Å². The van der Waals surface area contributed by atoms with Gasteiger partial charge in [-0.1, -0.05) is 0 Å². The summed E-state index contributed by atoms with van der Waals surface area (Å²) in [5.41, 5.74) is 0. The van der Waals surface area contributed by atoms with E-state index < -0.39 is 11.8 Å². The predicted molar refractivity (Wildman–Crippen MR) is 53.0 cm³/mol. The van der Waals surface area contributed by atoms with Crippen molar-refractivity contribution in [1.29, 1.82) is 0 Å². The first kappa shape index (κ1) is 10.4. The SMILES string of the molecule is CCOC(=O)C(=O)c1cc(Br)cs1. The van der Waals surface area contributed by atoms with Gasteiger partial charge in [-0.15, -0.1) is 11.3 Å². The van der Waals surface area contributed by atoms with Crippen molar-refractivity contribution in [2.45, 2.75) is 6.92 Å². The minimum absolute atomic E-state index is 0.219. The molecule has 0 spiro atoms. The Kier molecular flexibility index (Phi) is 3.62. The lowest BCUT2D eigenvalue weighted by Gasteiger charge is -1.96. The summed E-state index contributed by atoms with van der Waals surface area (Å²) in [5.74, 6) is -1.38. The van der Waals surface area contributed by atoms with Gasteiger partial charge in [-0.05, 0) is 28.9 Å². The molecule has 0 N–H and O–H groups in total. The third-order valence-corrected chi connectivity index (χ3v) is 2.94. The van der Waals surface area contributed by atoms with Crippen molar-refractivity contribution in [3.63, 3.8) is 0 Å². The van der Waals surface area contributed by atoms with Crippen LogP contribution in [0.3, 0.4) is 0 Å². The van der Waals surface area contributed by atoms with Gasteiger partial charge in [0.25, 0.3) is 5.78 Å². The van der Waals surface area contributed by atoms with Crippen LogP contribution < -0.4 is 0 Å². The van der Waals surface area contributed by atoms with Gasteiger partial charge in [0.05, 0.1) is 11.5 Å². The van der Waals surface area contributed by atoms with Crippen LogP contribution in [-0.2, 0) is 9.53 Å². The van der Waals surface area contributed by atoms with E-state index >= 15 is 0 Å². The van der Waals surface area contributed by atoms with E-state index in [0.29, 0.717) is 4.88 Å². The number of rotatable bonds is 3. The molecule has 1 aromatic heterocycles. The quantitative estimate of drug-likeness (QED) is 0.477. The average molecular weight is 263 g/mol. The Morgan fingerprint density at radius 2 is 2.31 bits per heavy atom. The second-order valence-corrected chi connectivity index (χ2v) is 4.01.